The maximum absolute atomic E-state index is 14.0. The molecule has 5 nitrogen and oxygen atoms in total. The van der Waals surface area contributed by atoms with Crippen molar-refractivity contribution in [3.05, 3.63) is 87.6 Å². The second kappa shape index (κ2) is 8.52. The van der Waals surface area contributed by atoms with Crippen LogP contribution >= 0.6 is 27.5 Å². The van der Waals surface area contributed by atoms with Crippen molar-refractivity contribution in [2.24, 2.45) is 0 Å². The van der Waals surface area contributed by atoms with Crippen LogP contribution in [0.15, 0.2) is 76.1 Å². The van der Waals surface area contributed by atoms with E-state index in [0.29, 0.717) is 10.2 Å². The van der Waals surface area contributed by atoms with Crippen LogP contribution in [0.3, 0.4) is 0 Å². The lowest BCUT2D eigenvalue weighted by molar-refractivity contribution is 0.102. The Kier molecular flexibility index (Phi) is 6.26. The van der Waals surface area contributed by atoms with Gasteiger partial charge in [-0.3, -0.25) is 9.10 Å². The summed E-state index contributed by atoms with van der Waals surface area (Å²) in [5.41, 5.74) is 0.436. The summed E-state index contributed by atoms with van der Waals surface area (Å²) in [7, 11) is -2.63. The first-order valence-electron chi connectivity index (χ1n) is 8.30. The van der Waals surface area contributed by atoms with Gasteiger partial charge in [0.1, 0.15) is 10.7 Å². The van der Waals surface area contributed by atoms with Gasteiger partial charge in [0.05, 0.1) is 16.4 Å². The van der Waals surface area contributed by atoms with E-state index in [4.69, 9.17) is 11.6 Å². The number of nitrogens with one attached hydrogen (secondary N) is 1. The van der Waals surface area contributed by atoms with Gasteiger partial charge in [-0.2, -0.15) is 0 Å². The number of anilines is 2. The minimum absolute atomic E-state index is 0.0248. The Hall–Kier alpha value is -2.42. The third kappa shape index (κ3) is 4.60. The van der Waals surface area contributed by atoms with Gasteiger partial charge in [-0.05, 0) is 48.5 Å². The Bertz CT molecular complexity index is 1170. The van der Waals surface area contributed by atoms with E-state index >= 15 is 0 Å². The highest BCUT2D eigenvalue weighted by Gasteiger charge is 2.25. The van der Waals surface area contributed by atoms with Gasteiger partial charge < -0.3 is 5.32 Å². The number of para-hydroxylation sites is 1. The third-order valence-corrected chi connectivity index (χ3v) is 6.89. The summed E-state index contributed by atoms with van der Waals surface area (Å²) < 4.78 is 41.6. The fourth-order valence-corrected chi connectivity index (χ4v) is 4.58. The number of carbonyl (C=O) groups excluding carboxylic acids is 1. The molecule has 3 rings (SSSR count). The number of halogens is 3. The van der Waals surface area contributed by atoms with E-state index in [0.717, 1.165) is 4.31 Å². The van der Waals surface area contributed by atoms with Gasteiger partial charge in [-0.1, -0.05) is 45.7 Å². The predicted octanol–water partition coefficient (Wildman–Crippen LogP) is 5.32. The molecule has 0 saturated heterocycles. The monoisotopic (exact) mass is 496 g/mol. The molecule has 1 amide bonds. The molecule has 0 aliphatic heterocycles. The molecule has 0 radical (unpaired) electrons. The van der Waals surface area contributed by atoms with E-state index in [-0.39, 0.29) is 21.2 Å². The number of carbonyl (C=O) groups is 1. The van der Waals surface area contributed by atoms with E-state index in [1.54, 1.807) is 36.4 Å². The second-order valence-corrected chi connectivity index (χ2v) is 9.29. The molecule has 0 unspecified atom stereocenters. The molecule has 0 aliphatic carbocycles. The highest BCUT2D eigenvalue weighted by atomic mass is 79.9. The van der Waals surface area contributed by atoms with Crippen molar-refractivity contribution in [3.8, 4) is 0 Å². The highest BCUT2D eigenvalue weighted by molar-refractivity contribution is 9.10. The fraction of sp³-hybridized carbons (Fsp3) is 0.0500. The van der Waals surface area contributed by atoms with Crippen molar-refractivity contribution >= 4 is 54.8 Å². The Morgan fingerprint density at radius 3 is 2.41 bits per heavy atom. The fourth-order valence-electron chi connectivity index (χ4n) is 2.55. The third-order valence-electron chi connectivity index (χ3n) is 4.13. The summed E-state index contributed by atoms with van der Waals surface area (Å²) in [6.07, 6.45) is 0. The first kappa shape index (κ1) is 21.3. The van der Waals surface area contributed by atoms with Crippen molar-refractivity contribution in [2.45, 2.75) is 4.90 Å². The van der Waals surface area contributed by atoms with Crippen LogP contribution in [0, 0.1) is 5.82 Å². The molecule has 29 heavy (non-hydrogen) atoms. The van der Waals surface area contributed by atoms with Crippen LogP contribution in [0.4, 0.5) is 15.8 Å². The zero-order valence-corrected chi connectivity index (χ0v) is 18.2. The number of nitrogens with zero attached hydrogens (tertiary/aromatic N) is 1. The number of hydrogen-bond acceptors (Lipinski definition) is 3. The molecule has 0 aliphatic rings. The molecule has 150 valence electrons. The van der Waals surface area contributed by atoms with Gasteiger partial charge in [0, 0.05) is 17.1 Å². The van der Waals surface area contributed by atoms with Crippen LogP contribution in [0.2, 0.25) is 5.02 Å². The van der Waals surface area contributed by atoms with Crippen LogP contribution in [0.1, 0.15) is 10.4 Å². The van der Waals surface area contributed by atoms with Gasteiger partial charge in [0.15, 0.2) is 0 Å². The maximum atomic E-state index is 14.0. The standard InChI is InChI=1S/C20H15BrClFN2O3S/c1-25(15-5-3-2-4-6-15)29(27,28)19-11-13(7-9-16(19)22)20(26)24-18-10-8-14(21)12-17(18)23/h2-12H,1H3,(H,24,26). The Labute approximate surface area is 181 Å². The van der Waals surface area contributed by atoms with E-state index in [1.165, 1.54) is 37.4 Å². The van der Waals surface area contributed by atoms with Crippen LogP contribution in [0.5, 0.6) is 0 Å². The molecule has 0 bridgehead atoms. The lowest BCUT2D eigenvalue weighted by Gasteiger charge is -2.20. The molecule has 0 atom stereocenters. The van der Waals surface area contributed by atoms with Crippen molar-refractivity contribution < 1.29 is 17.6 Å². The van der Waals surface area contributed by atoms with Crippen LogP contribution in [-0.4, -0.2) is 21.4 Å². The molecule has 0 fully saturated rings. The summed E-state index contributed by atoms with van der Waals surface area (Å²) in [6, 6.07) is 16.5. The average Bonchev–Trinajstić information content (AvgIpc) is 2.70. The molecule has 0 spiro atoms. The first-order chi connectivity index (χ1) is 13.7. The van der Waals surface area contributed by atoms with Crippen molar-refractivity contribution in [2.75, 3.05) is 16.7 Å². The Balaban J connectivity index is 1.94. The van der Waals surface area contributed by atoms with Gasteiger partial charge in [-0.15, -0.1) is 0 Å². The SMILES string of the molecule is CN(c1ccccc1)S(=O)(=O)c1cc(C(=O)Nc2ccc(Br)cc2F)ccc1Cl. The zero-order chi connectivity index (χ0) is 21.2. The predicted molar refractivity (Wildman–Crippen MR) is 116 cm³/mol. The number of rotatable bonds is 5. The first-order valence-corrected chi connectivity index (χ1v) is 10.9. The van der Waals surface area contributed by atoms with Gasteiger partial charge in [0.2, 0.25) is 0 Å². The Morgan fingerprint density at radius 2 is 1.76 bits per heavy atom. The lowest BCUT2D eigenvalue weighted by atomic mass is 10.2. The largest absolute Gasteiger partial charge is 0.319 e. The average molecular weight is 498 g/mol. The van der Waals surface area contributed by atoms with Gasteiger partial charge in [0.25, 0.3) is 15.9 Å². The molecular weight excluding hydrogens is 483 g/mol. The number of benzene rings is 3. The molecular formula is C20H15BrClFN2O3S. The molecule has 0 aromatic heterocycles. The van der Waals surface area contributed by atoms with E-state index in [1.807, 2.05) is 0 Å². The highest BCUT2D eigenvalue weighted by Crippen LogP contribution is 2.29. The summed E-state index contributed by atoms with van der Waals surface area (Å²) in [4.78, 5) is 12.3. The molecule has 0 saturated carbocycles. The van der Waals surface area contributed by atoms with E-state index in [2.05, 4.69) is 21.2 Å². The smallest absolute Gasteiger partial charge is 0.265 e. The number of hydrogen-bond donors (Lipinski definition) is 1. The molecule has 3 aromatic rings. The maximum Gasteiger partial charge on any atom is 0.265 e. The van der Waals surface area contributed by atoms with E-state index in [9.17, 15) is 17.6 Å². The van der Waals surface area contributed by atoms with E-state index < -0.39 is 21.7 Å². The van der Waals surface area contributed by atoms with Gasteiger partial charge >= 0.3 is 0 Å². The normalized spacial score (nSPS) is 11.2. The van der Waals surface area contributed by atoms with Crippen molar-refractivity contribution in [3.63, 3.8) is 0 Å². The van der Waals surface area contributed by atoms with Crippen molar-refractivity contribution in [1.82, 2.24) is 0 Å². The minimum Gasteiger partial charge on any atom is -0.319 e. The minimum atomic E-state index is -4.02. The van der Waals surface area contributed by atoms with Crippen LogP contribution < -0.4 is 9.62 Å². The van der Waals surface area contributed by atoms with Crippen LogP contribution in [0.25, 0.3) is 0 Å². The summed E-state index contributed by atoms with van der Waals surface area (Å²) in [5.74, 6) is -1.29. The van der Waals surface area contributed by atoms with Crippen molar-refractivity contribution in [1.29, 1.82) is 0 Å². The summed E-state index contributed by atoms with van der Waals surface area (Å²) >= 11 is 9.26. The molecule has 3 aromatic carbocycles. The quantitative estimate of drug-likeness (QED) is 0.519. The van der Waals surface area contributed by atoms with Crippen LogP contribution in [-0.2, 0) is 10.0 Å². The second-order valence-electron chi connectivity index (χ2n) is 6.03. The molecule has 1 N–H and O–H groups in total. The summed E-state index contributed by atoms with van der Waals surface area (Å²) in [6.45, 7) is 0. The number of sulfonamides is 1. The molecule has 9 heteroatoms. The lowest BCUT2D eigenvalue weighted by Crippen LogP contribution is -2.27. The Morgan fingerprint density at radius 1 is 1.07 bits per heavy atom. The number of amides is 1. The topological polar surface area (TPSA) is 66.5 Å². The van der Waals surface area contributed by atoms with Gasteiger partial charge in [-0.25, -0.2) is 12.8 Å². The molecule has 0 heterocycles. The zero-order valence-electron chi connectivity index (χ0n) is 15.1. The summed E-state index contributed by atoms with van der Waals surface area (Å²) in [5, 5.41) is 2.40.